The largest absolute Gasteiger partial charge is 0.361 e. The molecule has 0 unspecified atom stereocenters. The van der Waals surface area contributed by atoms with E-state index in [1.807, 2.05) is 57.2 Å². The molecule has 4 rings (SSSR count). The highest BCUT2D eigenvalue weighted by atomic mass is 35.5. The van der Waals surface area contributed by atoms with Crippen LogP contribution in [0.3, 0.4) is 0 Å². The maximum Gasteiger partial charge on any atom is 0.246 e. The van der Waals surface area contributed by atoms with Crippen LogP contribution in [0.15, 0.2) is 47.0 Å². The van der Waals surface area contributed by atoms with Gasteiger partial charge in [-0.3, -0.25) is 4.79 Å². The second kappa shape index (κ2) is 6.74. The Morgan fingerprint density at radius 1 is 1.19 bits per heavy atom. The van der Waals surface area contributed by atoms with E-state index in [1.165, 1.54) is 0 Å². The van der Waals surface area contributed by atoms with Crippen molar-refractivity contribution in [1.82, 2.24) is 5.16 Å². The van der Waals surface area contributed by atoms with Crippen molar-refractivity contribution in [2.45, 2.75) is 33.4 Å². The molecule has 2 aromatic carbocycles. The molecule has 3 aromatic rings. The Hall–Kier alpha value is -2.79. The van der Waals surface area contributed by atoms with Crippen molar-refractivity contribution < 1.29 is 9.32 Å². The molecule has 5 nitrogen and oxygen atoms in total. The van der Waals surface area contributed by atoms with E-state index in [-0.39, 0.29) is 11.9 Å². The molecule has 0 saturated carbocycles. The lowest BCUT2D eigenvalue weighted by Crippen LogP contribution is -2.45. The van der Waals surface area contributed by atoms with Crippen molar-refractivity contribution in [2.75, 3.05) is 10.2 Å². The fourth-order valence-corrected chi connectivity index (χ4v) is 3.65. The molecule has 0 fully saturated rings. The molecule has 0 saturated heterocycles. The van der Waals surface area contributed by atoms with Crippen LogP contribution in [0.5, 0.6) is 0 Å². The molecule has 138 valence electrons. The van der Waals surface area contributed by atoms with Gasteiger partial charge < -0.3 is 14.7 Å². The first kappa shape index (κ1) is 17.6. The standard InChI is InChI=1S/C21H20ClN3O2/c1-12-20(14(3)27-24-12)16-6-9-18-19(10-16)25(13(2)21(26)23-18)11-15-4-7-17(22)8-5-15/h4-10,13H,11H2,1-3H3,(H,23,26)/t13-/m1/s1. The van der Waals surface area contributed by atoms with Gasteiger partial charge in [0.1, 0.15) is 11.8 Å². The van der Waals surface area contributed by atoms with E-state index >= 15 is 0 Å². The van der Waals surface area contributed by atoms with Gasteiger partial charge in [0, 0.05) is 17.1 Å². The van der Waals surface area contributed by atoms with E-state index in [2.05, 4.69) is 21.4 Å². The molecule has 1 aliphatic heterocycles. The number of fused-ring (bicyclic) bond motifs is 1. The smallest absolute Gasteiger partial charge is 0.246 e. The second-order valence-electron chi connectivity index (χ2n) is 6.85. The molecule has 27 heavy (non-hydrogen) atoms. The van der Waals surface area contributed by atoms with E-state index in [0.717, 1.165) is 39.5 Å². The summed E-state index contributed by atoms with van der Waals surface area (Å²) >= 11 is 6.00. The summed E-state index contributed by atoms with van der Waals surface area (Å²) in [6.45, 7) is 6.37. The molecule has 0 spiro atoms. The molecule has 1 N–H and O–H groups in total. The zero-order chi connectivity index (χ0) is 19.1. The fraction of sp³-hybridized carbons (Fsp3) is 0.238. The van der Waals surface area contributed by atoms with Crippen LogP contribution in [-0.4, -0.2) is 17.1 Å². The Bertz CT molecular complexity index is 991. The zero-order valence-electron chi connectivity index (χ0n) is 15.4. The molecule has 1 amide bonds. The first-order valence-electron chi connectivity index (χ1n) is 8.83. The van der Waals surface area contributed by atoms with Crippen LogP contribution in [0.2, 0.25) is 5.02 Å². The fourth-order valence-electron chi connectivity index (χ4n) is 3.52. The highest BCUT2D eigenvalue weighted by Crippen LogP contribution is 2.38. The van der Waals surface area contributed by atoms with Gasteiger partial charge in [-0.15, -0.1) is 0 Å². The predicted octanol–water partition coefficient (Wildman–Crippen LogP) is 4.96. The summed E-state index contributed by atoms with van der Waals surface area (Å²) in [4.78, 5) is 14.5. The number of carbonyl (C=O) groups excluding carboxylic acids is 1. The number of nitrogens with one attached hydrogen (secondary N) is 1. The number of aromatic nitrogens is 1. The van der Waals surface area contributed by atoms with Gasteiger partial charge in [-0.25, -0.2) is 0 Å². The Kier molecular flexibility index (Phi) is 4.40. The van der Waals surface area contributed by atoms with Crippen LogP contribution in [-0.2, 0) is 11.3 Å². The third kappa shape index (κ3) is 3.19. The quantitative estimate of drug-likeness (QED) is 0.696. The Labute approximate surface area is 162 Å². The van der Waals surface area contributed by atoms with E-state index < -0.39 is 0 Å². The van der Waals surface area contributed by atoms with Crippen LogP contribution in [0, 0.1) is 13.8 Å². The minimum absolute atomic E-state index is 0.0125. The minimum Gasteiger partial charge on any atom is -0.361 e. The van der Waals surface area contributed by atoms with E-state index in [9.17, 15) is 4.79 Å². The number of anilines is 2. The van der Waals surface area contributed by atoms with Crippen LogP contribution in [0.4, 0.5) is 11.4 Å². The number of aryl methyl sites for hydroxylation is 2. The number of nitrogens with zero attached hydrogens (tertiary/aromatic N) is 2. The normalized spacial score (nSPS) is 16.2. The third-order valence-electron chi connectivity index (χ3n) is 5.00. The molecule has 0 bridgehead atoms. The summed E-state index contributed by atoms with van der Waals surface area (Å²) in [7, 11) is 0. The lowest BCUT2D eigenvalue weighted by atomic mass is 10.00. The number of hydrogen-bond acceptors (Lipinski definition) is 4. The number of rotatable bonds is 3. The number of carbonyl (C=O) groups is 1. The summed E-state index contributed by atoms with van der Waals surface area (Å²) in [6.07, 6.45) is 0. The molecular weight excluding hydrogens is 362 g/mol. The first-order chi connectivity index (χ1) is 12.9. The van der Waals surface area contributed by atoms with Crippen molar-refractivity contribution in [3.05, 3.63) is 64.5 Å². The molecule has 0 radical (unpaired) electrons. The monoisotopic (exact) mass is 381 g/mol. The predicted molar refractivity (Wildman–Crippen MR) is 107 cm³/mol. The van der Waals surface area contributed by atoms with E-state index in [0.29, 0.717) is 11.6 Å². The first-order valence-corrected chi connectivity index (χ1v) is 9.21. The average molecular weight is 382 g/mol. The number of benzene rings is 2. The lowest BCUT2D eigenvalue weighted by Gasteiger charge is -2.36. The van der Waals surface area contributed by atoms with Crippen LogP contribution >= 0.6 is 11.6 Å². The van der Waals surface area contributed by atoms with Crippen molar-refractivity contribution in [3.63, 3.8) is 0 Å². The van der Waals surface area contributed by atoms with Gasteiger partial charge in [0.05, 0.1) is 17.1 Å². The van der Waals surface area contributed by atoms with Gasteiger partial charge >= 0.3 is 0 Å². The van der Waals surface area contributed by atoms with Crippen LogP contribution < -0.4 is 10.2 Å². The average Bonchev–Trinajstić information content (AvgIpc) is 2.99. The Morgan fingerprint density at radius 2 is 1.93 bits per heavy atom. The second-order valence-corrected chi connectivity index (χ2v) is 7.29. The lowest BCUT2D eigenvalue weighted by molar-refractivity contribution is -0.117. The molecular formula is C21H20ClN3O2. The van der Waals surface area contributed by atoms with Crippen molar-refractivity contribution in [2.24, 2.45) is 0 Å². The summed E-state index contributed by atoms with van der Waals surface area (Å²) in [5, 5.41) is 7.75. The minimum atomic E-state index is -0.284. The van der Waals surface area contributed by atoms with Crippen molar-refractivity contribution in [1.29, 1.82) is 0 Å². The summed E-state index contributed by atoms with van der Waals surface area (Å²) in [6, 6.07) is 13.4. The van der Waals surface area contributed by atoms with Crippen LogP contribution in [0.1, 0.15) is 23.9 Å². The molecule has 2 heterocycles. The molecule has 6 heteroatoms. The summed E-state index contributed by atoms with van der Waals surface area (Å²) < 4.78 is 5.32. The van der Waals surface area contributed by atoms with E-state index in [4.69, 9.17) is 16.1 Å². The van der Waals surface area contributed by atoms with Crippen LogP contribution in [0.25, 0.3) is 11.1 Å². The van der Waals surface area contributed by atoms with Gasteiger partial charge in [-0.05, 0) is 56.2 Å². The summed E-state index contributed by atoms with van der Waals surface area (Å²) in [5.74, 6) is 0.770. The SMILES string of the molecule is Cc1noc(C)c1-c1ccc2c(c1)N(Cc1ccc(Cl)cc1)[C@H](C)C(=O)N2. The topological polar surface area (TPSA) is 58.4 Å². The van der Waals surface area contributed by atoms with Gasteiger partial charge in [0.15, 0.2) is 0 Å². The third-order valence-corrected chi connectivity index (χ3v) is 5.25. The molecule has 1 atom stereocenters. The van der Waals surface area contributed by atoms with Gasteiger partial charge in [-0.2, -0.15) is 0 Å². The molecule has 1 aromatic heterocycles. The van der Waals surface area contributed by atoms with Gasteiger partial charge in [0.2, 0.25) is 5.91 Å². The van der Waals surface area contributed by atoms with Gasteiger partial charge in [0.25, 0.3) is 0 Å². The number of hydrogen-bond donors (Lipinski definition) is 1. The zero-order valence-corrected chi connectivity index (χ0v) is 16.2. The highest BCUT2D eigenvalue weighted by Gasteiger charge is 2.30. The van der Waals surface area contributed by atoms with Crippen molar-refractivity contribution >= 4 is 28.9 Å². The molecule has 1 aliphatic rings. The highest BCUT2D eigenvalue weighted by molar-refractivity contribution is 6.30. The maximum atomic E-state index is 12.4. The van der Waals surface area contributed by atoms with E-state index in [1.54, 1.807) is 0 Å². The maximum absolute atomic E-state index is 12.4. The Morgan fingerprint density at radius 3 is 2.59 bits per heavy atom. The summed E-state index contributed by atoms with van der Waals surface area (Å²) in [5.41, 5.74) is 5.75. The Balaban J connectivity index is 1.78. The molecule has 0 aliphatic carbocycles. The number of halogens is 1. The van der Waals surface area contributed by atoms with Gasteiger partial charge in [-0.1, -0.05) is 35.0 Å². The number of amides is 1. The van der Waals surface area contributed by atoms with Crippen molar-refractivity contribution in [3.8, 4) is 11.1 Å².